The first kappa shape index (κ1) is 25.3. The van der Waals surface area contributed by atoms with Crippen LogP contribution in [-0.4, -0.2) is 62.9 Å². The number of aliphatic hydroxyl groups is 1. The van der Waals surface area contributed by atoms with Crippen molar-refractivity contribution < 1.29 is 28.8 Å². The average Bonchev–Trinajstić information content (AvgIpc) is 2.56. The van der Waals surface area contributed by atoms with E-state index in [-0.39, 0.29) is 12.6 Å². The Morgan fingerprint density at radius 3 is 1.65 bits per heavy atom. The molecule has 0 rings (SSSR count). The Balaban J connectivity index is 3.12. The van der Waals surface area contributed by atoms with Gasteiger partial charge in [-0.1, -0.05) is 19.3 Å². The lowest BCUT2D eigenvalue weighted by molar-refractivity contribution is -0.154. The number of ether oxygens (including phenoxy) is 4. The number of hydrogen-bond donors (Lipinski definition) is 1. The van der Waals surface area contributed by atoms with Gasteiger partial charge in [-0.05, 0) is 46.5 Å². The van der Waals surface area contributed by atoms with E-state index in [1.807, 2.05) is 20.8 Å². The highest BCUT2D eigenvalue weighted by Crippen LogP contribution is 2.10. The molecule has 0 aromatic heterocycles. The normalized spacial score (nSPS) is 11.7. The molecule has 156 valence electrons. The molecule has 0 saturated heterocycles. The van der Waals surface area contributed by atoms with Crippen LogP contribution in [0.15, 0.2) is 0 Å². The lowest BCUT2D eigenvalue weighted by Crippen LogP contribution is -2.23. The molecule has 0 heterocycles. The zero-order chi connectivity index (χ0) is 19.5. The van der Waals surface area contributed by atoms with Crippen LogP contribution in [0.5, 0.6) is 0 Å². The fourth-order valence-corrected chi connectivity index (χ4v) is 2.25. The highest BCUT2D eigenvalue weighted by atomic mass is 16.6. The van der Waals surface area contributed by atoms with Crippen molar-refractivity contribution in [2.45, 2.75) is 77.7 Å². The number of hydrogen-bond acceptors (Lipinski definition) is 6. The van der Waals surface area contributed by atoms with Gasteiger partial charge < -0.3 is 24.1 Å². The maximum atomic E-state index is 11.5. The van der Waals surface area contributed by atoms with E-state index in [2.05, 4.69) is 0 Å². The van der Waals surface area contributed by atoms with Gasteiger partial charge in [0.2, 0.25) is 0 Å². The quantitative estimate of drug-likeness (QED) is 0.292. The highest BCUT2D eigenvalue weighted by Gasteiger charge is 2.15. The van der Waals surface area contributed by atoms with Gasteiger partial charge in [-0.2, -0.15) is 0 Å². The monoisotopic (exact) mass is 376 g/mol. The van der Waals surface area contributed by atoms with E-state index >= 15 is 0 Å². The zero-order valence-electron chi connectivity index (χ0n) is 17.1. The first-order chi connectivity index (χ1) is 12.5. The van der Waals surface area contributed by atoms with Gasteiger partial charge in [0.15, 0.2) is 0 Å². The minimum atomic E-state index is -0.397. The summed E-state index contributed by atoms with van der Waals surface area (Å²) in [6.45, 7) is 9.76. The Morgan fingerprint density at radius 2 is 1.15 bits per heavy atom. The van der Waals surface area contributed by atoms with E-state index in [4.69, 9.17) is 24.1 Å². The maximum Gasteiger partial charge on any atom is 0.306 e. The lowest BCUT2D eigenvalue weighted by atomic mass is 10.1. The third kappa shape index (κ3) is 21.4. The van der Waals surface area contributed by atoms with Gasteiger partial charge in [0.25, 0.3) is 0 Å². The molecule has 0 unspecified atom stereocenters. The van der Waals surface area contributed by atoms with Crippen molar-refractivity contribution in [3.63, 3.8) is 0 Å². The average molecular weight is 377 g/mol. The van der Waals surface area contributed by atoms with E-state index in [0.29, 0.717) is 39.5 Å². The third-order valence-corrected chi connectivity index (χ3v) is 3.53. The minimum Gasteiger partial charge on any atom is -0.460 e. The molecule has 26 heavy (non-hydrogen) atoms. The molecule has 0 bridgehead atoms. The highest BCUT2D eigenvalue weighted by molar-refractivity contribution is 5.69. The van der Waals surface area contributed by atoms with E-state index in [9.17, 15) is 4.79 Å². The van der Waals surface area contributed by atoms with Gasteiger partial charge in [0, 0.05) is 26.2 Å². The molecule has 0 radical (unpaired) electrons. The van der Waals surface area contributed by atoms with Crippen LogP contribution < -0.4 is 0 Å². The molecular weight excluding hydrogens is 336 g/mol. The van der Waals surface area contributed by atoms with Crippen molar-refractivity contribution in [3.8, 4) is 0 Å². The predicted molar refractivity (Wildman–Crippen MR) is 102 cm³/mol. The second-order valence-corrected chi connectivity index (χ2v) is 7.37. The number of carbonyl (C=O) groups is 1. The van der Waals surface area contributed by atoms with Crippen LogP contribution in [0.3, 0.4) is 0 Å². The molecule has 0 aromatic carbocycles. The summed E-state index contributed by atoms with van der Waals surface area (Å²) < 4.78 is 21.7. The van der Waals surface area contributed by atoms with Crippen molar-refractivity contribution in [3.05, 3.63) is 0 Å². The first-order valence-electron chi connectivity index (χ1n) is 10.0. The maximum absolute atomic E-state index is 11.5. The second kappa shape index (κ2) is 17.7. The third-order valence-electron chi connectivity index (χ3n) is 3.53. The van der Waals surface area contributed by atoms with Crippen molar-refractivity contribution in [1.82, 2.24) is 0 Å². The predicted octanol–water partition coefficient (Wildman–Crippen LogP) is 3.49. The van der Waals surface area contributed by atoms with Crippen LogP contribution in [-0.2, 0) is 23.7 Å². The van der Waals surface area contributed by atoms with Crippen molar-refractivity contribution in [2.75, 3.05) is 46.2 Å². The number of aliphatic hydroxyl groups excluding tert-OH is 1. The Labute approximate surface area is 159 Å². The van der Waals surface area contributed by atoms with Crippen LogP contribution in [0.2, 0.25) is 0 Å². The zero-order valence-corrected chi connectivity index (χ0v) is 17.1. The summed E-state index contributed by atoms with van der Waals surface area (Å²) in [6.07, 6.45) is 7.31. The van der Waals surface area contributed by atoms with E-state index in [0.717, 1.165) is 51.6 Å². The molecule has 6 nitrogen and oxygen atoms in total. The molecule has 0 atom stereocenters. The Morgan fingerprint density at radius 1 is 0.692 bits per heavy atom. The van der Waals surface area contributed by atoms with Crippen molar-refractivity contribution >= 4 is 5.97 Å². The molecule has 6 heteroatoms. The molecule has 0 aliphatic carbocycles. The molecule has 0 aliphatic rings. The largest absolute Gasteiger partial charge is 0.460 e. The lowest BCUT2D eigenvalue weighted by Gasteiger charge is -2.19. The van der Waals surface area contributed by atoms with Crippen LogP contribution in [0, 0.1) is 0 Å². The first-order valence-corrected chi connectivity index (χ1v) is 10.0. The summed E-state index contributed by atoms with van der Waals surface area (Å²) in [5.74, 6) is -0.126. The van der Waals surface area contributed by atoms with Crippen LogP contribution >= 0.6 is 0 Å². The summed E-state index contributed by atoms with van der Waals surface area (Å²) in [7, 11) is 0. The summed E-state index contributed by atoms with van der Waals surface area (Å²) >= 11 is 0. The Kier molecular flexibility index (Phi) is 17.2. The summed E-state index contributed by atoms with van der Waals surface area (Å²) in [5.41, 5.74) is -0.397. The number of unbranched alkanes of at least 4 members (excludes halogenated alkanes) is 5. The summed E-state index contributed by atoms with van der Waals surface area (Å²) in [5, 5.41) is 8.66. The Bertz CT molecular complexity index is 314. The molecule has 0 spiro atoms. The fraction of sp³-hybridized carbons (Fsp3) is 0.950. The number of rotatable bonds is 18. The van der Waals surface area contributed by atoms with Crippen LogP contribution in [0.1, 0.15) is 72.1 Å². The topological polar surface area (TPSA) is 74.2 Å². The number of carbonyl (C=O) groups excluding carboxylic acids is 1. The van der Waals surface area contributed by atoms with E-state index in [1.54, 1.807) is 0 Å². The van der Waals surface area contributed by atoms with Gasteiger partial charge in [-0.3, -0.25) is 4.79 Å². The summed E-state index contributed by atoms with van der Waals surface area (Å²) in [6, 6.07) is 0. The van der Waals surface area contributed by atoms with Crippen molar-refractivity contribution in [2.24, 2.45) is 0 Å². The molecule has 0 amide bonds. The standard InChI is InChI=1S/C20H40O6/c1-20(2,3)26-19(22)11-7-6-10-14-24-16-18-25-17-15-23-13-9-5-4-8-12-21/h21H,4-18H2,1-3H3. The Hall–Kier alpha value is -0.690. The van der Waals surface area contributed by atoms with Gasteiger partial charge in [-0.25, -0.2) is 0 Å². The van der Waals surface area contributed by atoms with Gasteiger partial charge in [-0.15, -0.1) is 0 Å². The van der Waals surface area contributed by atoms with Gasteiger partial charge in [0.1, 0.15) is 5.60 Å². The number of esters is 1. The minimum absolute atomic E-state index is 0.126. The van der Waals surface area contributed by atoms with Gasteiger partial charge in [0.05, 0.1) is 26.4 Å². The van der Waals surface area contributed by atoms with Crippen LogP contribution in [0.4, 0.5) is 0 Å². The smallest absolute Gasteiger partial charge is 0.306 e. The van der Waals surface area contributed by atoms with Gasteiger partial charge >= 0.3 is 5.97 Å². The molecule has 0 aliphatic heterocycles. The molecule has 0 saturated carbocycles. The van der Waals surface area contributed by atoms with E-state index < -0.39 is 5.60 Å². The van der Waals surface area contributed by atoms with E-state index in [1.165, 1.54) is 0 Å². The molecule has 1 N–H and O–H groups in total. The second-order valence-electron chi connectivity index (χ2n) is 7.37. The molecule has 0 aromatic rings. The molecular formula is C20H40O6. The molecule has 0 fully saturated rings. The van der Waals surface area contributed by atoms with Crippen molar-refractivity contribution in [1.29, 1.82) is 0 Å². The fourth-order valence-electron chi connectivity index (χ4n) is 2.25. The SMILES string of the molecule is CC(C)(C)OC(=O)CCCCCOCCOCCOCCCCCCO. The summed E-state index contributed by atoms with van der Waals surface area (Å²) in [4.78, 5) is 11.5. The van der Waals surface area contributed by atoms with Crippen LogP contribution in [0.25, 0.3) is 0 Å².